The predicted octanol–water partition coefficient (Wildman–Crippen LogP) is 2.93. The van der Waals surface area contributed by atoms with Crippen LogP contribution < -0.4 is 10.9 Å². The maximum atomic E-state index is 13.5. The Hall–Kier alpha value is -2.74. The van der Waals surface area contributed by atoms with E-state index in [9.17, 15) is 18.4 Å². The van der Waals surface area contributed by atoms with Crippen LogP contribution in [0.2, 0.25) is 0 Å². The number of fused-ring (bicyclic) bond motifs is 1. The number of amides is 1. The number of nitrogens with zero attached hydrogens (tertiary/aromatic N) is 1. The van der Waals surface area contributed by atoms with Crippen LogP contribution in [0.1, 0.15) is 0 Å². The normalized spacial score (nSPS) is 10.8. The van der Waals surface area contributed by atoms with E-state index in [0.717, 1.165) is 23.9 Å². The van der Waals surface area contributed by atoms with E-state index in [1.807, 2.05) is 0 Å². The van der Waals surface area contributed by atoms with Gasteiger partial charge in [-0.3, -0.25) is 9.59 Å². The van der Waals surface area contributed by atoms with E-state index in [-0.39, 0.29) is 22.2 Å². The molecule has 0 fully saturated rings. The SMILES string of the molecule is O=C(CSc1nc2ccccc2c(=O)[nH]1)Nc1ccc(F)cc1F. The number of anilines is 1. The summed E-state index contributed by atoms with van der Waals surface area (Å²) < 4.78 is 26.3. The van der Waals surface area contributed by atoms with Gasteiger partial charge < -0.3 is 10.3 Å². The monoisotopic (exact) mass is 347 g/mol. The zero-order valence-electron chi connectivity index (χ0n) is 12.2. The maximum absolute atomic E-state index is 13.5. The zero-order valence-corrected chi connectivity index (χ0v) is 13.0. The van der Waals surface area contributed by atoms with E-state index in [1.54, 1.807) is 24.3 Å². The van der Waals surface area contributed by atoms with Crippen LogP contribution in [0, 0.1) is 11.6 Å². The molecule has 0 unspecified atom stereocenters. The third-order valence-corrected chi connectivity index (χ3v) is 4.01. The molecule has 3 rings (SSSR count). The molecule has 0 atom stereocenters. The Morgan fingerprint density at radius 1 is 1.21 bits per heavy atom. The fourth-order valence-electron chi connectivity index (χ4n) is 2.04. The number of carbonyl (C=O) groups is 1. The molecule has 2 N–H and O–H groups in total. The Kier molecular flexibility index (Phi) is 4.57. The standard InChI is InChI=1S/C16H11F2N3O2S/c17-9-5-6-13(11(18)7-9)19-14(22)8-24-16-20-12-4-2-1-3-10(12)15(23)21-16/h1-7H,8H2,(H,19,22)(H,20,21,23). The number of carbonyl (C=O) groups excluding carboxylic acids is 1. The fourth-order valence-corrected chi connectivity index (χ4v) is 2.71. The molecule has 0 saturated carbocycles. The van der Waals surface area contributed by atoms with E-state index < -0.39 is 17.5 Å². The number of hydrogen-bond acceptors (Lipinski definition) is 4. The van der Waals surface area contributed by atoms with Gasteiger partial charge in [-0.25, -0.2) is 13.8 Å². The Labute approximate surface area is 139 Å². The zero-order chi connectivity index (χ0) is 17.1. The Morgan fingerprint density at radius 2 is 2.00 bits per heavy atom. The molecule has 8 heteroatoms. The molecule has 5 nitrogen and oxygen atoms in total. The van der Waals surface area contributed by atoms with Gasteiger partial charge in [0.2, 0.25) is 5.91 Å². The number of hydrogen-bond donors (Lipinski definition) is 2. The molecular formula is C16H11F2N3O2S. The number of thioether (sulfide) groups is 1. The van der Waals surface area contributed by atoms with Crippen LogP contribution >= 0.6 is 11.8 Å². The molecule has 3 aromatic rings. The van der Waals surface area contributed by atoms with Crippen molar-refractivity contribution in [3.05, 3.63) is 64.5 Å². The molecule has 1 amide bonds. The van der Waals surface area contributed by atoms with Gasteiger partial charge in [0.05, 0.1) is 22.3 Å². The van der Waals surface area contributed by atoms with Crippen molar-refractivity contribution in [3.8, 4) is 0 Å². The van der Waals surface area contributed by atoms with Crippen LogP contribution in [0.4, 0.5) is 14.5 Å². The fraction of sp³-hybridized carbons (Fsp3) is 0.0625. The summed E-state index contributed by atoms with van der Waals surface area (Å²) >= 11 is 1.01. The highest BCUT2D eigenvalue weighted by molar-refractivity contribution is 7.99. The van der Waals surface area contributed by atoms with Crippen molar-refractivity contribution in [1.29, 1.82) is 0 Å². The number of benzene rings is 2. The third-order valence-electron chi connectivity index (χ3n) is 3.14. The van der Waals surface area contributed by atoms with Crippen molar-refractivity contribution >= 4 is 34.3 Å². The summed E-state index contributed by atoms with van der Waals surface area (Å²) in [5, 5.41) is 3.08. The van der Waals surface area contributed by atoms with Crippen LogP contribution in [0.5, 0.6) is 0 Å². The van der Waals surface area contributed by atoms with Crippen LogP contribution in [-0.2, 0) is 4.79 Å². The Morgan fingerprint density at radius 3 is 2.79 bits per heavy atom. The molecule has 1 heterocycles. The lowest BCUT2D eigenvalue weighted by atomic mass is 10.2. The highest BCUT2D eigenvalue weighted by atomic mass is 32.2. The van der Waals surface area contributed by atoms with E-state index >= 15 is 0 Å². The molecule has 0 saturated heterocycles. The summed E-state index contributed by atoms with van der Waals surface area (Å²) in [6, 6.07) is 9.72. The summed E-state index contributed by atoms with van der Waals surface area (Å²) in [7, 11) is 0. The molecule has 24 heavy (non-hydrogen) atoms. The summed E-state index contributed by atoms with van der Waals surface area (Å²) in [6.45, 7) is 0. The van der Waals surface area contributed by atoms with E-state index in [0.29, 0.717) is 17.0 Å². The molecule has 0 aliphatic carbocycles. The van der Waals surface area contributed by atoms with Gasteiger partial charge in [-0.15, -0.1) is 0 Å². The highest BCUT2D eigenvalue weighted by Crippen LogP contribution is 2.17. The van der Waals surface area contributed by atoms with E-state index in [4.69, 9.17) is 0 Å². The van der Waals surface area contributed by atoms with Gasteiger partial charge in [-0.1, -0.05) is 23.9 Å². The summed E-state index contributed by atoms with van der Waals surface area (Å²) in [4.78, 5) is 30.6. The van der Waals surface area contributed by atoms with Crippen molar-refractivity contribution < 1.29 is 13.6 Å². The number of aromatic amines is 1. The van der Waals surface area contributed by atoms with Gasteiger partial charge in [0.15, 0.2) is 5.16 Å². The minimum Gasteiger partial charge on any atom is -0.323 e. The number of rotatable bonds is 4. The van der Waals surface area contributed by atoms with Crippen LogP contribution in [0.15, 0.2) is 52.4 Å². The van der Waals surface area contributed by atoms with Crippen LogP contribution in [0.25, 0.3) is 10.9 Å². The average molecular weight is 347 g/mol. The molecule has 1 aromatic heterocycles. The van der Waals surface area contributed by atoms with Crippen LogP contribution in [-0.4, -0.2) is 21.6 Å². The van der Waals surface area contributed by atoms with Crippen molar-refractivity contribution in [3.63, 3.8) is 0 Å². The number of H-pyrrole nitrogens is 1. The second-order valence-electron chi connectivity index (χ2n) is 4.85. The maximum Gasteiger partial charge on any atom is 0.259 e. The summed E-state index contributed by atoms with van der Waals surface area (Å²) in [5.74, 6) is -2.16. The molecule has 0 aliphatic heterocycles. The summed E-state index contributed by atoms with van der Waals surface area (Å²) in [6.07, 6.45) is 0. The van der Waals surface area contributed by atoms with Gasteiger partial charge in [0.25, 0.3) is 5.56 Å². The molecule has 0 spiro atoms. The first-order valence-corrected chi connectivity index (χ1v) is 7.88. The first-order chi connectivity index (χ1) is 11.5. The van der Waals surface area contributed by atoms with Crippen molar-refractivity contribution in [2.45, 2.75) is 5.16 Å². The lowest BCUT2D eigenvalue weighted by Crippen LogP contribution is -2.16. The molecular weight excluding hydrogens is 336 g/mol. The molecule has 0 aliphatic rings. The van der Waals surface area contributed by atoms with E-state index in [2.05, 4.69) is 15.3 Å². The highest BCUT2D eigenvalue weighted by Gasteiger charge is 2.10. The third kappa shape index (κ3) is 3.60. The largest absolute Gasteiger partial charge is 0.323 e. The van der Waals surface area contributed by atoms with Crippen molar-refractivity contribution in [1.82, 2.24) is 9.97 Å². The van der Waals surface area contributed by atoms with Crippen molar-refractivity contribution in [2.75, 3.05) is 11.1 Å². The minimum atomic E-state index is -0.856. The van der Waals surface area contributed by atoms with Crippen LogP contribution in [0.3, 0.4) is 0 Å². The quantitative estimate of drug-likeness (QED) is 0.562. The number of halogens is 2. The smallest absolute Gasteiger partial charge is 0.259 e. The second kappa shape index (κ2) is 6.79. The van der Waals surface area contributed by atoms with Gasteiger partial charge >= 0.3 is 0 Å². The van der Waals surface area contributed by atoms with Gasteiger partial charge in [-0.05, 0) is 24.3 Å². The molecule has 0 radical (unpaired) electrons. The average Bonchev–Trinajstić information content (AvgIpc) is 2.56. The summed E-state index contributed by atoms with van der Waals surface area (Å²) in [5.41, 5.74) is 0.115. The van der Waals surface area contributed by atoms with Gasteiger partial charge in [-0.2, -0.15) is 0 Å². The number of aromatic nitrogens is 2. The minimum absolute atomic E-state index is 0.0852. The van der Waals surface area contributed by atoms with Crippen molar-refractivity contribution in [2.24, 2.45) is 0 Å². The van der Waals surface area contributed by atoms with E-state index in [1.165, 1.54) is 0 Å². The second-order valence-corrected chi connectivity index (χ2v) is 5.81. The molecule has 0 bridgehead atoms. The van der Waals surface area contributed by atoms with Gasteiger partial charge in [0.1, 0.15) is 11.6 Å². The van der Waals surface area contributed by atoms with Gasteiger partial charge in [0, 0.05) is 6.07 Å². The number of nitrogens with one attached hydrogen (secondary N) is 2. The topological polar surface area (TPSA) is 74.8 Å². The Balaban J connectivity index is 1.69. The Bertz CT molecular complexity index is 975. The molecule has 122 valence electrons. The first kappa shape index (κ1) is 16.1. The number of para-hydroxylation sites is 1. The first-order valence-electron chi connectivity index (χ1n) is 6.90. The lowest BCUT2D eigenvalue weighted by Gasteiger charge is -2.06. The predicted molar refractivity (Wildman–Crippen MR) is 88.1 cm³/mol. The molecule has 2 aromatic carbocycles. The lowest BCUT2D eigenvalue weighted by molar-refractivity contribution is -0.113.